The Bertz CT molecular complexity index is 375. The third-order valence-corrected chi connectivity index (χ3v) is 3.90. The number of nitrogens with zero attached hydrogens (tertiary/aromatic N) is 1. The summed E-state index contributed by atoms with van der Waals surface area (Å²) in [4.78, 5) is 14.3. The van der Waals surface area contributed by atoms with Crippen molar-refractivity contribution in [1.29, 1.82) is 0 Å². The summed E-state index contributed by atoms with van der Waals surface area (Å²) < 4.78 is 0. The zero-order valence-electron chi connectivity index (χ0n) is 11.4. The molecule has 0 aliphatic carbocycles. The van der Waals surface area contributed by atoms with E-state index >= 15 is 0 Å². The van der Waals surface area contributed by atoms with Crippen molar-refractivity contribution < 1.29 is 4.79 Å². The fraction of sp³-hybridized carbons (Fsp3) is 0.533. The van der Waals surface area contributed by atoms with Crippen LogP contribution in [-0.4, -0.2) is 23.9 Å². The molecule has 0 bridgehead atoms. The van der Waals surface area contributed by atoms with Crippen LogP contribution in [0.1, 0.15) is 43.1 Å². The Hall–Kier alpha value is -0.830. The fourth-order valence-corrected chi connectivity index (χ4v) is 2.15. The monoisotopic (exact) mass is 311 g/mol. The summed E-state index contributed by atoms with van der Waals surface area (Å²) in [6.07, 6.45) is 1.10. The Balaban J connectivity index is 2.76. The molecular weight excluding hydrogens is 290 g/mol. The van der Waals surface area contributed by atoms with E-state index in [0.29, 0.717) is 5.92 Å². The molecule has 0 spiro atoms. The van der Waals surface area contributed by atoms with Crippen molar-refractivity contribution in [1.82, 2.24) is 4.90 Å². The predicted molar refractivity (Wildman–Crippen MR) is 80.1 cm³/mol. The van der Waals surface area contributed by atoms with E-state index in [-0.39, 0.29) is 5.91 Å². The summed E-state index contributed by atoms with van der Waals surface area (Å²) >= 11 is 3.41. The van der Waals surface area contributed by atoms with Crippen LogP contribution in [-0.2, 0) is 5.33 Å². The van der Waals surface area contributed by atoms with Crippen LogP contribution in [0.5, 0.6) is 0 Å². The minimum absolute atomic E-state index is 0.138. The fourth-order valence-electron chi connectivity index (χ4n) is 1.78. The van der Waals surface area contributed by atoms with Gasteiger partial charge < -0.3 is 4.90 Å². The molecule has 0 aliphatic heterocycles. The molecular formula is C15H22BrNO. The van der Waals surface area contributed by atoms with Gasteiger partial charge in [0.15, 0.2) is 0 Å². The number of benzene rings is 1. The number of halogens is 1. The second-order valence-electron chi connectivity index (χ2n) is 4.69. The van der Waals surface area contributed by atoms with Gasteiger partial charge in [0.25, 0.3) is 5.91 Å². The number of amides is 1. The van der Waals surface area contributed by atoms with Crippen LogP contribution in [0.2, 0.25) is 0 Å². The molecule has 0 saturated heterocycles. The highest BCUT2D eigenvalue weighted by atomic mass is 79.9. The largest absolute Gasteiger partial charge is 0.339 e. The van der Waals surface area contributed by atoms with Crippen LogP contribution in [0.25, 0.3) is 0 Å². The lowest BCUT2D eigenvalue weighted by molar-refractivity contribution is 0.0741. The van der Waals surface area contributed by atoms with E-state index in [1.807, 2.05) is 36.1 Å². The summed E-state index contributed by atoms with van der Waals surface area (Å²) in [5, 5.41) is 0.825. The van der Waals surface area contributed by atoms with Gasteiger partial charge in [-0.1, -0.05) is 48.3 Å². The molecule has 1 aromatic carbocycles. The van der Waals surface area contributed by atoms with E-state index in [1.54, 1.807) is 0 Å². The van der Waals surface area contributed by atoms with Gasteiger partial charge in [-0.05, 0) is 30.5 Å². The first-order chi connectivity index (χ1) is 8.62. The molecule has 1 aromatic rings. The van der Waals surface area contributed by atoms with Crippen molar-refractivity contribution >= 4 is 21.8 Å². The van der Waals surface area contributed by atoms with Crippen LogP contribution in [0.15, 0.2) is 24.3 Å². The van der Waals surface area contributed by atoms with Gasteiger partial charge >= 0.3 is 0 Å². The van der Waals surface area contributed by atoms with Gasteiger partial charge in [0.05, 0.1) is 0 Å². The molecule has 0 heterocycles. The number of rotatable bonds is 6. The molecule has 1 unspecified atom stereocenters. The lowest BCUT2D eigenvalue weighted by atomic mass is 10.1. The first kappa shape index (κ1) is 15.2. The molecule has 18 heavy (non-hydrogen) atoms. The summed E-state index contributed by atoms with van der Waals surface area (Å²) in [6, 6.07) is 7.83. The summed E-state index contributed by atoms with van der Waals surface area (Å²) in [7, 11) is 0. The van der Waals surface area contributed by atoms with E-state index in [9.17, 15) is 4.79 Å². The van der Waals surface area contributed by atoms with Crippen LogP contribution in [0.3, 0.4) is 0 Å². The molecule has 0 fully saturated rings. The van der Waals surface area contributed by atoms with E-state index in [0.717, 1.165) is 30.4 Å². The maximum Gasteiger partial charge on any atom is 0.253 e. The third-order valence-electron chi connectivity index (χ3n) is 3.25. The molecule has 1 rings (SSSR count). The smallest absolute Gasteiger partial charge is 0.253 e. The van der Waals surface area contributed by atoms with E-state index < -0.39 is 0 Å². The highest BCUT2D eigenvalue weighted by Gasteiger charge is 2.15. The van der Waals surface area contributed by atoms with Crippen LogP contribution in [0, 0.1) is 5.92 Å². The number of alkyl halides is 1. The molecule has 0 N–H and O–H groups in total. The average molecular weight is 312 g/mol. The summed E-state index contributed by atoms with van der Waals surface area (Å²) in [6.45, 7) is 7.99. The third kappa shape index (κ3) is 4.13. The normalized spacial score (nSPS) is 12.2. The van der Waals surface area contributed by atoms with Crippen molar-refractivity contribution in [3.8, 4) is 0 Å². The van der Waals surface area contributed by atoms with Crippen molar-refractivity contribution in [3.63, 3.8) is 0 Å². The van der Waals surface area contributed by atoms with Crippen molar-refractivity contribution in [3.05, 3.63) is 35.4 Å². The van der Waals surface area contributed by atoms with E-state index in [2.05, 4.69) is 29.8 Å². The molecule has 3 heteroatoms. The zero-order chi connectivity index (χ0) is 13.5. The van der Waals surface area contributed by atoms with Gasteiger partial charge in [0.2, 0.25) is 0 Å². The van der Waals surface area contributed by atoms with Gasteiger partial charge in [0.1, 0.15) is 0 Å². The Kier molecular flexibility index (Phi) is 6.41. The van der Waals surface area contributed by atoms with Crippen LogP contribution >= 0.6 is 15.9 Å². The van der Waals surface area contributed by atoms with Crippen molar-refractivity contribution in [2.45, 2.75) is 32.5 Å². The molecule has 0 aromatic heterocycles. The summed E-state index contributed by atoms with van der Waals surface area (Å²) in [5.74, 6) is 0.689. The molecule has 1 atom stereocenters. The minimum Gasteiger partial charge on any atom is -0.339 e. The highest BCUT2D eigenvalue weighted by Crippen LogP contribution is 2.12. The van der Waals surface area contributed by atoms with Gasteiger partial charge in [-0.3, -0.25) is 4.79 Å². The number of hydrogen-bond donors (Lipinski definition) is 0. The second kappa shape index (κ2) is 7.57. The Morgan fingerprint density at radius 3 is 2.33 bits per heavy atom. The topological polar surface area (TPSA) is 20.3 Å². The second-order valence-corrected chi connectivity index (χ2v) is 5.25. The van der Waals surface area contributed by atoms with Crippen molar-refractivity contribution in [2.24, 2.45) is 5.92 Å². The molecule has 2 nitrogen and oxygen atoms in total. The maximum absolute atomic E-state index is 12.3. The lowest BCUT2D eigenvalue weighted by Crippen LogP contribution is -2.34. The standard InChI is InChI=1S/C15H22BrNO/c1-4-12(3)11-17(5-2)15(18)14-8-6-13(10-16)7-9-14/h6-9,12H,4-5,10-11H2,1-3H3. The van der Waals surface area contributed by atoms with E-state index in [1.165, 1.54) is 5.56 Å². The first-order valence-electron chi connectivity index (χ1n) is 6.56. The predicted octanol–water partition coefficient (Wildman–Crippen LogP) is 4.09. The van der Waals surface area contributed by atoms with Gasteiger partial charge in [0, 0.05) is 24.0 Å². The van der Waals surface area contributed by atoms with E-state index in [4.69, 9.17) is 0 Å². The number of carbonyl (C=O) groups is 1. The van der Waals surface area contributed by atoms with Crippen LogP contribution < -0.4 is 0 Å². The zero-order valence-corrected chi connectivity index (χ0v) is 13.0. The molecule has 0 saturated carbocycles. The van der Waals surface area contributed by atoms with Gasteiger partial charge in [-0.15, -0.1) is 0 Å². The minimum atomic E-state index is 0.138. The van der Waals surface area contributed by atoms with Gasteiger partial charge in [-0.2, -0.15) is 0 Å². The summed E-state index contributed by atoms with van der Waals surface area (Å²) in [5.41, 5.74) is 1.97. The Labute approximate surface area is 119 Å². The first-order valence-corrected chi connectivity index (χ1v) is 7.68. The van der Waals surface area contributed by atoms with Gasteiger partial charge in [-0.25, -0.2) is 0 Å². The highest BCUT2D eigenvalue weighted by molar-refractivity contribution is 9.08. The molecule has 1 amide bonds. The lowest BCUT2D eigenvalue weighted by Gasteiger charge is -2.24. The van der Waals surface area contributed by atoms with Crippen molar-refractivity contribution in [2.75, 3.05) is 13.1 Å². The Morgan fingerprint density at radius 2 is 1.89 bits per heavy atom. The quantitative estimate of drug-likeness (QED) is 0.725. The van der Waals surface area contributed by atoms with Crippen LogP contribution in [0.4, 0.5) is 0 Å². The Morgan fingerprint density at radius 1 is 1.28 bits per heavy atom. The number of carbonyl (C=O) groups excluding carboxylic acids is 1. The molecule has 0 radical (unpaired) electrons. The average Bonchev–Trinajstić information content (AvgIpc) is 2.43. The number of hydrogen-bond acceptors (Lipinski definition) is 1. The molecule has 0 aliphatic rings. The SMILES string of the molecule is CCC(C)CN(CC)C(=O)c1ccc(CBr)cc1. The maximum atomic E-state index is 12.3. The molecule has 100 valence electrons.